The highest BCUT2D eigenvalue weighted by Gasteiger charge is 2.64. The first-order chi connectivity index (χ1) is 12.5. The number of thiazole rings is 1. The van der Waals surface area contributed by atoms with Gasteiger partial charge in [-0.05, 0) is 38.5 Å². The molecule has 2 N–H and O–H groups in total. The number of carbonyl (C=O) groups excluding carboxylic acids is 1. The second kappa shape index (κ2) is 6.64. The number of carboxylic acid groups (broad SMARTS) is 2. The summed E-state index contributed by atoms with van der Waals surface area (Å²) in [6, 6.07) is 0. The quantitative estimate of drug-likeness (QED) is 0.827. The number of aliphatic carboxylic acids is 2. The Bertz CT molecular complexity index is 709. The van der Waals surface area contributed by atoms with Gasteiger partial charge in [-0.3, -0.25) is 14.4 Å². The van der Waals surface area contributed by atoms with Gasteiger partial charge < -0.3 is 15.1 Å². The fraction of sp³-hybridized carbons (Fsp3) is 0.667. The lowest BCUT2D eigenvalue weighted by Crippen LogP contribution is -2.39. The summed E-state index contributed by atoms with van der Waals surface area (Å²) >= 11 is 1.81. The fourth-order valence-electron chi connectivity index (χ4n) is 4.34. The number of amides is 1. The van der Waals surface area contributed by atoms with Crippen LogP contribution in [0.1, 0.15) is 47.2 Å². The Morgan fingerprint density at radius 2 is 1.58 bits per heavy atom. The van der Waals surface area contributed by atoms with Crippen LogP contribution < -0.4 is 0 Å². The van der Waals surface area contributed by atoms with Gasteiger partial charge >= 0.3 is 11.9 Å². The highest BCUT2D eigenvalue weighted by Crippen LogP contribution is 2.48. The Morgan fingerprint density at radius 1 is 0.962 bits per heavy atom. The van der Waals surface area contributed by atoms with E-state index in [0.717, 1.165) is 25.7 Å². The molecule has 2 unspecified atom stereocenters. The Morgan fingerprint density at radius 3 is 2.15 bits per heavy atom. The van der Waals surface area contributed by atoms with Gasteiger partial charge in [0.15, 0.2) is 0 Å². The number of likely N-dealkylation sites (tertiary alicyclic amines) is 1. The predicted molar refractivity (Wildman–Crippen MR) is 93.1 cm³/mol. The van der Waals surface area contributed by atoms with E-state index >= 15 is 0 Å². The van der Waals surface area contributed by atoms with E-state index in [0.29, 0.717) is 19.0 Å². The van der Waals surface area contributed by atoms with E-state index in [4.69, 9.17) is 15.2 Å². The number of rotatable bonds is 4. The van der Waals surface area contributed by atoms with Crippen molar-refractivity contribution in [2.45, 2.75) is 44.4 Å². The van der Waals surface area contributed by atoms with E-state index < -0.39 is 29.7 Å². The maximum Gasteiger partial charge on any atom is 0.308 e. The Kier molecular flexibility index (Phi) is 4.46. The van der Waals surface area contributed by atoms with E-state index in [1.54, 1.807) is 4.90 Å². The molecule has 3 aliphatic rings. The summed E-state index contributed by atoms with van der Waals surface area (Å²) in [5.41, 5.74) is 1.25. The number of hydrogen-bond donors (Lipinski definition) is 2. The van der Waals surface area contributed by atoms with Crippen molar-refractivity contribution in [3.05, 3.63) is 15.6 Å². The summed E-state index contributed by atoms with van der Waals surface area (Å²) in [6.45, 7) is 1.09. The zero-order chi connectivity index (χ0) is 18.4. The van der Waals surface area contributed by atoms with Gasteiger partial charge in [-0.25, -0.2) is 4.98 Å². The van der Waals surface area contributed by atoms with Gasteiger partial charge in [0.1, 0.15) is 0 Å². The smallest absolute Gasteiger partial charge is 0.308 e. The van der Waals surface area contributed by atoms with E-state index in [1.807, 2.05) is 11.3 Å². The molecule has 26 heavy (non-hydrogen) atoms. The van der Waals surface area contributed by atoms with E-state index in [-0.39, 0.29) is 5.91 Å². The van der Waals surface area contributed by atoms with Crippen molar-refractivity contribution in [2.24, 2.45) is 17.8 Å². The molecule has 8 heteroatoms. The standard InChI is InChI=1S/C18H22N2O5S/c21-16(12-13(17(22)23)14(12)18(24)25)20-7-5-9(6-8-20)15-19-10-3-1-2-4-11(10)26-15/h9,12-14H,1-8H2,(H,22,23)(H,24,25). The summed E-state index contributed by atoms with van der Waals surface area (Å²) in [5, 5.41) is 19.4. The molecule has 1 amide bonds. The number of carbonyl (C=O) groups is 3. The zero-order valence-electron chi connectivity index (χ0n) is 14.4. The first kappa shape index (κ1) is 17.5. The average Bonchev–Trinajstić information content (AvgIpc) is 3.25. The van der Waals surface area contributed by atoms with Crippen LogP contribution in [0.25, 0.3) is 0 Å². The SMILES string of the molecule is O=C(O)C1C(C(=O)O)C1C(=O)N1CCC(c2nc3c(s2)CCCC3)CC1. The highest BCUT2D eigenvalue weighted by molar-refractivity contribution is 7.11. The van der Waals surface area contributed by atoms with Gasteiger partial charge in [0.25, 0.3) is 0 Å². The number of aryl methyl sites for hydroxylation is 2. The van der Waals surface area contributed by atoms with Crippen LogP contribution in [0.4, 0.5) is 0 Å². The maximum absolute atomic E-state index is 12.6. The predicted octanol–water partition coefficient (Wildman–Crippen LogP) is 1.76. The third-order valence-electron chi connectivity index (χ3n) is 5.89. The number of fused-ring (bicyclic) bond motifs is 1. The lowest BCUT2D eigenvalue weighted by molar-refractivity contribution is -0.144. The van der Waals surface area contributed by atoms with Crippen molar-refractivity contribution in [3.8, 4) is 0 Å². The lowest BCUT2D eigenvalue weighted by Gasteiger charge is -2.31. The molecule has 1 aliphatic heterocycles. The second-order valence-corrected chi connectivity index (χ2v) is 8.60. The molecule has 1 saturated heterocycles. The minimum absolute atomic E-state index is 0.318. The number of hydrogen-bond acceptors (Lipinski definition) is 5. The summed E-state index contributed by atoms with van der Waals surface area (Å²) in [5.74, 6) is -5.43. The summed E-state index contributed by atoms with van der Waals surface area (Å²) < 4.78 is 0. The van der Waals surface area contributed by atoms with Crippen LogP contribution in [0, 0.1) is 17.8 Å². The summed E-state index contributed by atoms with van der Waals surface area (Å²) in [4.78, 5) is 42.8. The number of nitrogens with zero attached hydrogens (tertiary/aromatic N) is 2. The van der Waals surface area contributed by atoms with Crippen molar-refractivity contribution in [2.75, 3.05) is 13.1 Å². The van der Waals surface area contributed by atoms with Crippen LogP contribution in [0.2, 0.25) is 0 Å². The van der Waals surface area contributed by atoms with Gasteiger partial charge in [-0.15, -0.1) is 11.3 Å². The third kappa shape index (κ3) is 3.00. The molecule has 2 fully saturated rings. The normalized spacial score (nSPS) is 28.5. The molecule has 7 nitrogen and oxygen atoms in total. The van der Waals surface area contributed by atoms with E-state index in [2.05, 4.69) is 0 Å². The van der Waals surface area contributed by atoms with Gasteiger partial charge in [0.2, 0.25) is 5.91 Å². The van der Waals surface area contributed by atoms with Gasteiger partial charge in [-0.1, -0.05) is 0 Å². The second-order valence-electron chi connectivity index (χ2n) is 7.48. The average molecular weight is 378 g/mol. The van der Waals surface area contributed by atoms with Crippen molar-refractivity contribution < 1.29 is 24.6 Å². The molecule has 2 atom stereocenters. The van der Waals surface area contributed by atoms with Crippen LogP contribution in [0.15, 0.2) is 0 Å². The summed E-state index contributed by atoms with van der Waals surface area (Å²) in [7, 11) is 0. The molecule has 2 aliphatic carbocycles. The van der Waals surface area contributed by atoms with Crippen LogP contribution in [-0.4, -0.2) is 51.0 Å². The minimum atomic E-state index is -1.20. The van der Waals surface area contributed by atoms with Crippen molar-refractivity contribution in [1.29, 1.82) is 0 Å². The molecule has 1 aromatic heterocycles. The van der Waals surface area contributed by atoms with Crippen LogP contribution in [-0.2, 0) is 27.2 Å². The molecule has 0 bridgehead atoms. The zero-order valence-corrected chi connectivity index (χ0v) is 15.2. The lowest BCUT2D eigenvalue weighted by atomic mass is 9.97. The Labute approximate surface area is 155 Å². The maximum atomic E-state index is 12.6. The molecule has 2 heterocycles. The fourth-order valence-corrected chi connectivity index (χ4v) is 5.66. The number of carboxylic acids is 2. The van der Waals surface area contributed by atoms with E-state index in [9.17, 15) is 14.4 Å². The molecular weight excluding hydrogens is 356 g/mol. The Hall–Kier alpha value is -1.96. The molecule has 0 aromatic carbocycles. The molecule has 1 aromatic rings. The minimum Gasteiger partial charge on any atom is -0.481 e. The van der Waals surface area contributed by atoms with Crippen LogP contribution >= 0.6 is 11.3 Å². The first-order valence-electron chi connectivity index (χ1n) is 9.20. The first-order valence-corrected chi connectivity index (χ1v) is 10.0. The van der Waals surface area contributed by atoms with Crippen molar-refractivity contribution in [3.63, 3.8) is 0 Å². The largest absolute Gasteiger partial charge is 0.481 e. The summed E-state index contributed by atoms with van der Waals surface area (Å²) in [6.07, 6.45) is 6.25. The van der Waals surface area contributed by atoms with Gasteiger partial charge in [0, 0.05) is 23.9 Å². The van der Waals surface area contributed by atoms with Crippen molar-refractivity contribution in [1.82, 2.24) is 9.88 Å². The van der Waals surface area contributed by atoms with Gasteiger partial charge in [-0.2, -0.15) is 0 Å². The third-order valence-corrected chi connectivity index (χ3v) is 7.21. The van der Waals surface area contributed by atoms with Crippen LogP contribution in [0.5, 0.6) is 0 Å². The number of aromatic nitrogens is 1. The molecule has 140 valence electrons. The highest BCUT2D eigenvalue weighted by atomic mass is 32.1. The molecular formula is C18H22N2O5S. The van der Waals surface area contributed by atoms with E-state index in [1.165, 1.54) is 28.4 Å². The van der Waals surface area contributed by atoms with Crippen LogP contribution in [0.3, 0.4) is 0 Å². The molecule has 0 spiro atoms. The topological polar surface area (TPSA) is 108 Å². The monoisotopic (exact) mass is 378 g/mol. The molecule has 4 rings (SSSR count). The van der Waals surface area contributed by atoms with Crippen molar-refractivity contribution >= 4 is 29.2 Å². The molecule has 0 radical (unpaired) electrons. The number of piperidine rings is 1. The molecule has 1 saturated carbocycles. The Balaban J connectivity index is 1.38. The van der Waals surface area contributed by atoms with Gasteiger partial charge in [0.05, 0.1) is 28.5 Å².